The van der Waals surface area contributed by atoms with E-state index < -0.39 is 0 Å². The molecule has 0 spiro atoms. The number of fused-ring (bicyclic) bond motifs is 4. The van der Waals surface area contributed by atoms with E-state index >= 15 is 0 Å². The molecule has 0 aliphatic heterocycles. The first-order valence-electron chi connectivity index (χ1n) is 19.4. The molecule has 10 aromatic rings. The molecule has 0 aliphatic rings. The SMILES string of the molecule is C/C=C\c1c(C)c2cc(-c3ccc4c(c3)c3ccccc3n4-c3cc(-c4ccccc4)cc(-c4ccccc4)c3)ccc2n1-c1cccc(-c2ccccc2)c1. The highest BCUT2D eigenvalue weighted by Gasteiger charge is 2.18. The number of hydrogen-bond acceptors (Lipinski definition) is 0. The first-order valence-corrected chi connectivity index (χ1v) is 19.4. The van der Waals surface area contributed by atoms with Crippen molar-refractivity contribution in [3.63, 3.8) is 0 Å². The molecule has 2 heteroatoms. The Morgan fingerprint density at radius 3 is 1.45 bits per heavy atom. The van der Waals surface area contributed by atoms with Crippen LogP contribution in [0.15, 0.2) is 200 Å². The molecule has 0 saturated heterocycles. The fourth-order valence-electron chi connectivity index (χ4n) is 8.50. The van der Waals surface area contributed by atoms with Crippen LogP contribution in [0.3, 0.4) is 0 Å². The second-order valence-electron chi connectivity index (χ2n) is 14.6. The van der Waals surface area contributed by atoms with Crippen molar-refractivity contribution < 1.29 is 0 Å². The number of allylic oxidation sites excluding steroid dienone is 1. The van der Waals surface area contributed by atoms with Crippen LogP contribution < -0.4 is 0 Å². The van der Waals surface area contributed by atoms with Crippen LogP contribution in [0.5, 0.6) is 0 Å². The minimum atomic E-state index is 1.15. The lowest BCUT2D eigenvalue weighted by Gasteiger charge is -2.14. The van der Waals surface area contributed by atoms with E-state index in [4.69, 9.17) is 0 Å². The van der Waals surface area contributed by atoms with Crippen molar-refractivity contribution in [3.8, 4) is 55.9 Å². The van der Waals surface area contributed by atoms with E-state index in [-0.39, 0.29) is 0 Å². The molecule has 0 amide bonds. The fraction of sp³-hybridized carbons (Fsp3) is 0.0370. The number of rotatable bonds is 7. The Morgan fingerprint density at radius 2 is 0.821 bits per heavy atom. The molecule has 0 bridgehead atoms. The molecule has 10 rings (SSSR count). The first kappa shape index (κ1) is 33.4. The van der Waals surface area contributed by atoms with Crippen LogP contribution in [0.25, 0.3) is 94.7 Å². The minimum Gasteiger partial charge on any atom is -0.310 e. The molecule has 56 heavy (non-hydrogen) atoms. The largest absolute Gasteiger partial charge is 0.310 e. The summed E-state index contributed by atoms with van der Waals surface area (Å²) < 4.78 is 4.85. The van der Waals surface area contributed by atoms with Crippen LogP contribution in [0.1, 0.15) is 18.2 Å². The van der Waals surface area contributed by atoms with Crippen molar-refractivity contribution in [2.24, 2.45) is 0 Å². The zero-order valence-corrected chi connectivity index (χ0v) is 31.5. The lowest BCUT2D eigenvalue weighted by Crippen LogP contribution is -1.97. The Morgan fingerprint density at radius 1 is 0.339 bits per heavy atom. The van der Waals surface area contributed by atoms with Crippen LogP contribution in [-0.4, -0.2) is 9.13 Å². The topological polar surface area (TPSA) is 9.86 Å². The summed E-state index contributed by atoms with van der Waals surface area (Å²) >= 11 is 0. The van der Waals surface area contributed by atoms with Gasteiger partial charge in [-0.25, -0.2) is 0 Å². The van der Waals surface area contributed by atoms with Crippen LogP contribution in [0.4, 0.5) is 0 Å². The minimum absolute atomic E-state index is 1.15. The van der Waals surface area contributed by atoms with Gasteiger partial charge in [-0.15, -0.1) is 0 Å². The third-order valence-electron chi connectivity index (χ3n) is 11.2. The van der Waals surface area contributed by atoms with E-state index in [0.29, 0.717) is 0 Å². The number of benzene rings is 8. The standard InChI is InChI=1S/C54H40N2/c1-3-16-51-37(2)49-35-42(27-29-53(49)55(51)46-24-15-23-41(32-46)38-17-7-4-8-18-38)43-28-30-54-50(36-43)48-25-13-14-26-52(48)56(54)47-33-44(39-19-9-5-10-20-39)31-45(34-47)40-21-11-6-12-22-40/h3-36H,1-2H3/b16-3-. The normalized spacial score (nSPS) is 11.7. The highest BCUT2D eigenvalue weighted by molar-refractivity contribution is 6.11. The van der Waals surface area contributed by atoms with E-state index in [0.717, 1.165) is 11.4 Å². The molecule has 266 valence electrons. The van der Waals surface area contributed by atoms with Crippen molar-refractivity contribution in [2.75, 3.05) is 0 Å². The summed E-state index contributed by atoms with van der Waals surface area (Å²) in [4.78, 5) is 0. The number of nitrogens with zero attached hydrogens (tertiary/aromatic N) is 2. The van der Waals surface area contributed by atoms with Gasteiger partial charge in [0.1, 0.15) is 0 Å². The number of aromatic nitrogens is 2. The second-order valence-corrected chi connectivity index (χ2v) is 14.6. The van der Waals surface area contributed by atoms with Crippen LogP contribution in [0.2, 0.25) is 0 Å². The average Bonchev–Trinajstić information content (AvgIpc) is 3.75. The van der Waals surface area contributed by atoms with Crippen molar-refractivity contribution in [1.29, 1.82) is 0 Å². The molecule has 0 fully saturated rings. The fourth-order valence-corrected chi connectivity index (χ4v) is 8.50. The molecule has 2 heterocycles. The molecule has 2 aromatic heterocycles. The Kier molecular flexibility index (Phi) is 8.30. The first-order chi connectivity index (χ1) is 27.6. The monoisotopic (exact) mass is 716 g/mol. The Bertz CT molecular complexity index is 3010. The molecule has 0 radical (unpaired) electrons. The van der Waals surface area contributed by atoms with Gasteiger partial charge in [-0.1, -0.05) is 140 Å². The summed E-state index contributed by atoms with van der Waals surface area (Å²) in [6.07, 6.45) is 4.38. The number of aryl methyl sites for hydroxylation is 1. The summed E-state index contributed by atoms with van der Waals surface area (Å²) in [6.45, 7) is 4.35. The van der Waals surface area contributed by atoms with Crippen LogP contribution in [-0.2, 0) is 0 Å². The van der Waals surface area contributed by atoms with Crippen molar-refractivity contribution >= 4 is 38.8 Å². The highest BCUT2D eigenvalue weighted by Crippen LogP contribution is 2.39. The molecule has 0 unspecified atom stereocenters. The summed E-state index contributed by atoms with van der Waals surface area (Å²) in [5.41, 5.74) is 18.0. The molecule has 0 saturated carbocycles. The number of para-hydroxylation sites is 1. The van der Waals surface area contributed by atoms with Gasteiger partial charge < -0.3 is 9.13 Å². The molecule has 8 aromatic carbocycles. The Labute approximate surface area is 327 Å². The zero-order chi connectivity index (χ0) is 37.6. The average molecular weight is 717 g/mol. The van der Waals surface area contributed by atoms with Crippen molar-refractivity contribution in [1.82, 2.24) is 9.13 Å². The van der Waals surface area contributed by atoms with Gasteiger partial charge in [-0.3, -0.25) is 0 Å². The van der Waals surface area contributed by atoms with Gasteiger partial charge in [0.25, 0.3) is 0 Å². The quantitative estimate of drug-likeness (QED) is 0.155. The molecule has 2 nitrogen and oxygen atoms in total. The summed E-state index contributed by atoms with van der Waals surface area (Å²) in [6, 6.07) is 70.7. The van der Waals surface area contributed by atoms with E-state index in [1.54, 1.807) is 0 Å². The van der Waals surface area contributed by atoms with Gasteiger partial charge in [0.15, 0.2) is 0 Å². The lowest BCUT2D eigenvalue weighted by atomic mass is 9.98. The van der Waals surface area contributed by atoms with Gasteiger partial charge in [-0.05, 0) is 131 Å². The second kappa shape index (κ2) is 13.9. The lowest BCUT2D eigenvalue weighted by molar-refractivity contribution is 1.10. The smallest absolute Gasteiger partial charge is 0.0541 e. The highest BCUT2D eigenvalue weighted by atomic mass is 15.0. The Balaban J connectivity index is 1.12. The summed E-state index contributed by atoms with van der Waals surface area (Å²) in [7, 11) is 0. The zero-order valence-electron chi connectivity index (χ0n) is 31.5. The van der Waals surface area contributed by atoms with Crippen molar-refractivity contribution in [3.05, 3.63) is 211 Å². The summed E-state index contributed by atoms with van der Waals surface area (Å²) in [5.74, 6) is 0. The third kappa shape index (κ3) is 5.75. The molecular weight excluding hydrogens is 677 g/mol. The van der Waals surface area contributed by atoms with Crippen LogP contribution in [0, 0.1) is 6.92 Å². The van der Waals surface area contributed by atoms with Crippen LogP contribution >= 0.6 is 0 Å². The maximum Gasteiger partial charge on any atom is 0.0541 e. The molecule has 0 N–H and O–H groups in total. The third-order valence-corrected chi connectivity index (χ3v) is 11.2. The number of hydrogen-bond donors (Lipinski definition) is 0. The van der Waals surface area contributed by atoms with Gasteiger partial charge >= 0.3 is 0 Å². The maximum atomic E-state index is 2.44. The predicted molar refractivity (Wildman–Crippen MR) is 239 cm³/mol. The van der Waals surface area contributed by atoms with E-state index in [9.17, 15) is 0 Å². The maximum absolute atomic E-state index is 2.44. The van der Waals surface area contributed by atoms with Gasteiger partial charge in [0.2, 0.25) is 0 Å². The van der Waals surface area contributed by atoms with E-state index in [1.807, 2.05) is 0 Å². The van der Waals surface area contributed by atoms with Gasteiger partial charge in [-0.2, -0.15) is 0 Å². The molecule has 0 atom stereocenters. The summed E-state index contributed by atoms with van der Waals surface area (Å²) in [5, 5.41) is 3.74. The molecule has 0 aliphatic carbocycles. The van der Waals surface area contributed by atoms with E-state index in [1.165, 1.54) is 88.5 Å². The Hall–Kier alpha value is -7.16. The van der Waals surface area contributed by atoms with E-state index in [2.05, 4.69) is 229 Å². The van der Waals surface area contributed by atoms with Crippen molar-refractivity contribution in [2.45, 2.75) is 13.8 Å². The predicted octanol–water partition coefficient (Wildman–Crippen LogP) is 14.7. The van der Waals surface area contributed by atoms with Gasteiger partial charge in [0.05, 0.1) is 16.6 Å². The van der Waals surface area contributed by atoms with Gasteiger partial charge in [0, 0.05) is 33.2 Å². The molecular formula is C54H40N2.